The summed E-state index contributed by atoms with van der Waals surface area (Å²) >= 11 is 0. The number of likely N-dealkylation sites (N-methyl/N-ethyl adjacent to an activating group) is 1. The van der Waals surface area contributed by atoms with Gasteiger partial charge >= 0.3 is 0 Å². The molecule has 0 aromatic rings. The normalized spacial score (nSPS) is 21.1. The zero-order chi connectivity index (χ0) is 13.6. The minimum absolute atomic E-state index is 0.143. The molecule has 5 heteroatoms. The van der Waals surface area contributed by atoms with Crippen LogP contribution in [-0.2, 0) is 14.6 Å². The van der Waals surface area contributed by atoms with Crippen molar-refractivity contribution in [3.63, 3.8) is 0 Å². The Bertz CT molecular complexity index is 334. The molecule has 0 radical (unpaired) electrons. The number of sulfone groups is 1. The number of rotatable bonds is 8. The summed E-state index contributed by atoms with van der Waals surface area (Å²) in [5.41, 5.74) is -0.143. The summed E-state index contributed by atoms with van der Waals surface area (Å²) < 4.78 is 28.7. The van der Waals surface area contributed by atoms with Crippen molar-refractivity contribution < 1.29 is 13.2 Å². The summed E-state index contributed by atoms with van der Waals surface area (Å²) in [6.45, 7) is 5.62. The first-order chi connectivity index (χ1) is 8.43. The lowest BCUT2D eigenvalue weighted by Crippen LogP contribution is -2.51. The molecule has 0 heterocycles. The Kier molecular flexibility index (Phi) is 6.08. The fourth-order valence-corrected chi connectivity index (χ4v) is 3.65. The number of hydrogen-bond donors (Lipinski definition) is 1. The molecule has 0 spiro atoms. The van der Waals surface area contributed by atoms with E-state index >= 15 is 0 Å². The lowest BCUT2D eigenvalue weighted by atomic mass is 9.90. The molecule has 1 unspecified atom stereocenters. The predicted molar refractivity (Wildman–Crippen MR) is 74.6 cm³/mol. The highest BCUT2D eigenvalue weighted by atomic mass is 32.2. The molecule has 0 saturated heterocycles. The van der Waals surface area contributed by atoms with E-state index in [0.29, 0.717) is 13.0 Å². The molecule has 0 aromatic carbocycles. The molecule has 1 rings (SSSR count). The monoisotopic (exact) mass is 277 g/mol. The summed E-state index contributed by atoms with van der Waals surface area (Å²) in [7, 11) is -2.90. The van der Waals surface area contributed by atoms with Gasteiger partial charge in [0.1, 0.15) is 9.84 Å². The second-order valence-corrected chi connectivity index (χ2v) is 7.49. The van der Waals surface area contributed by atoms with Gasteiger partial charge in [-0.25, -0.2) is 8.42 Å². The van der Waals surface area contributed by atoms with E-state index in [9.17, 15) is 8.42 Å². The van der Waals surface area contributed by atoms with Gasteiger partial charge in [-0.3, -0.25) is 0 Å². The van der Waals surface area contributed by atoms with Gasteiger partial charge in [0, 0.05) is 18.9 Å². The molecule has 1 aliphatic rings. The highest BCUT2D eigenvalue weighted by Gasteiger charge is 2.41. The van der Waals surface area contributed by atoms with Crippen LogP contribution in [-0.4, -0.2) is 45.2 Å². The van der Waals surface area contributed by atoms with Crippen molar-refractivity contribution >= 4 is 9.84 Å². The van der Waals surface area contributed by atoms with Gasteiger partial charge in [-0.05, 0) is 32.7 Å². The molecule has 0 amide bonds. The molecule has 4 nitrogen and oxygen atoms in total. The van der Waals surface area contributed by atoms with E-state index in [1.165, 1.54) is 19.1 Å². The average molecular weight is 277 g/mol. The molecular formula is C13H27NO3S. The third-order valence-corrected chi connectivity index (χ3v) is 4.72. The van der Waals surface area contributed by atoms with Gasteiger partial charge in [0.25, 0.3) is 0 Å². The first-order valence-corrected chi connectivity index (χ1v) is 9.04. The van der Waals surface area contributed by atoms with Crippen molar-refractivity contribution in [3.8, 4) is 0 Å². The van der Waals surface area contributed by atoms with Crippen LogP contribution in [0.25, 0.3) is 0 Å². The maximum atomic E-state index is 11.3. The average Bonchev–Trinajstić information content (AvgIpc) is 2.73. The van der Waals surface area contributed by atoms with E-state index in [1.807, 2.05) is 6.92 Å². The van der Waals surface area contributed by atoms with Gasteiger partial charge in [-0.1, -0.05) is 19.8 Å². The van der Waals surface area contributed by atoms with Crippen LogP contribution in [0, 0.1) is 0 Å². The van der Waals surface area contributed by atoms with Crippen LogP contribution in [0.3, 0.4) is 0 Å². The van der Waals surface area contributed by atoms with Crippen molar-refractivity contribution in [2.75, 3.05) is 25.2 Å². The number of nitrogens with one attached hydrogen (secondary N) is 1. The Hall–Kier alpha value is -0.130. The molecule has 1 aliphatic carbocycles. The molecule has 108 valence electrons. The summed E-state index contributed by atoms with van der Waals surface area (Å²) in [5, 5.41) is 3.43. The van der Waals surface area contributed by atoms with Crippen LogP contribution in [0.5, 0.6) is 0 Å². The van der Waals surface area contributed by atoms with Crippen molar-refractivity contribution in [2.24, 2.45) is 0 Å². The molecular weight excluding hydrogens is 250 g/mol. The second-order valence-electron chi connectivity index (χ2n) is 5.23. The van der Waals surface area contributed by atoms with Crippen LogP contribution in [0.4, 0.5) is 0 Å². The van der Waals surface area contributed by atoms with E-state index in [0.717, 1.165) is 19.4 Å². The van der Waals surface area contributed by atoms with E-state index < -0.39 is 9.84 Å². The van der Waals surface area contributed by atoms with Gasteiger partial charge in [0.2, 0.25) is 0 Å². The smallest absolute Gasteiger partial charge is 0.147 e. The maximum Gasteiger partial charge on any atom is 0.147 e. The quantitative estimate of drug-likeness (QED) is 0.734. The Morgan fingerprint density at radius 2 is 1.89 bits per heavy atom. The van der Waals surface area contributed by atoms with Crippen molar-refractivity contribution in [1.82, 2.24) is 5.32 Å². The Morgan fingerprint density at radius 3 is 2.33 bits per heavy atom. The van der Waals surface area contributed by atoms with Crippen molar-refractivity contribution in [1.29, 1.82) is 0 Å². The van der Waals surface area contributed by atoms with Gasteiger partial charge < -0.3 is 10.1 Å². The zero-order valence-corrected chi connectivity index (χ0v) is 12.7. The Balaban J connectivity index is 2.73. The van der Waals surface area contributed by atoms with Crippen LogP contribution in [0.2, 0.25) is 0 Å². The summed E-state index contributed by atoms with van der Waals surface area (Å²) in [4.78, 5) is 0. The fraction of sp³-hybridized carbons (Fsp3) is 1.00. The summed E-state index contributed by atoms with van der Waals surface area (Å²) in [6, 6.07) is 0.152. The van der Waals surface area contributed by atoms with E-state index in [4.69, 9.17) is 4.74 Å². The fourth-order valence-electron chi connectivity index (χ4n) is 2.98. The van der Waals surface area contributed by atoms with Gasteiger partial charge in [-0.2, -0.15) is 0 Å². The first-order valence-electron chi connectivity index (χ1n) is 6.98. The topological polar surface area (TPSA) is 55.4 Å². The number of hydrogen-bond acceptors (Lipinski definition) is 4. The predicted octanol–water partition coefficient (Wildman–Crippen LogP) is 1.75. The van der Waals surface area contributed by atoms with Crippen molar-refractivity contribution in [3.05, 3.63) is 0 Å². The minimum atomic E-state index is -2.90. The highest BCUT2D eigenvalue weighted by molar-refractivity contribution is 7.90. The lowest BCUT2D eigenvalue weighted by molar-refractivity contribution is -0.0616. The first kappa shape index (κ1) is 15.9. The highest BCUT2D eigenvalue weighted by Crippen LogP contribution is 2.37. The molecule has 1 N–H and O–H groups in total. The largest absolute Gasteiger partial charge is 0.374 e. The molecule has 0 bridgehead atoms. The SMILES string of the molecule is CCNC(CCS(C)(=O)=O)C1(OCC)CCCC1. The van der Waals surface area contributed by atoms with E-state index in [-0.39, 0.29) is 17.4 Å². The van der Waals surface area contributed by atoms with Crippen LogP contribution in [0.15, 0.2) is 0 Å². The third-order valence-electron chi connectivity index (χ3n) is 3.74. The second kappa shape index (κ2) is 6.87. The Labute approximate surface area is 111 Å². The number of ether oxygens (including phenoxy) is 1. The maximum absolute atomic E-state index is 11.3. The molecule has 18 heavy (non-hydrogen) atoms. The van der Waals surface area contributed by atoms with Crippen LogP contribution >= 0.6 is 0 Å². The van der Waals surface area contributed by atoms with Crippen LogP contribution < -0.4 is 5.32 Å². The summed E-state index contributed by atoms with van der Waals surface area (Å²) in [5.74, 6) is 0.236. The van der Waals surface area contributed by atoms with E-state index in [2.05, 4.69) is 12.2 Å². The minimum Gasteiger partial charge on any atom is -0.374 e. The van der Waals surface area contributed by atoms with E-state index in [1.54, 1.807) is 0 Å². The van der Waals surface area contributed by atoms with Crippen molar-refractivity contribution in [2.45, 2.75) is 57.6 Å². The lowest BCUT2D eigenvalue weighted by Gasteiger charge is -2.38. The molecule has 1 atom stereocenters. The van der Waals surface area contributed by atoms with Gasteiger partial charge in [0.15, 0.2) is 0 Å². The summed E-state index contributed by atoms with van der Waals surface area (Å²) in [6.07, 6.45) is 6.40. The molecule has 0 aromatic heterocycles. The zero-order valence-electron chi connectivity index (χ0n) is 11.9. The molecule has 1 saturated carbocycles. The van der Waals surface area contributed by atoms with Gasteiger partial charge in [0.05, 0.1) is 11.4 Å². The molecule has 0 aliphatic heterocycles. The third kappa shape index (κ3) is 4.52. The van der Waals surface area contributed by atoms with Crippen LogP contribution in [0.1, 0.15) is 46.0 Å². The standard InChI is InChI=1S/C13H27NO3S/c1-4-14-12(8-11-18(3,15)16)13(17-5-2)9-6-7-10-13/h12,14H,4-11H2,1-3H3. The molecule has 1 fully saturated rings. The van der Waals surface area contributed by atoms with Gasteiger partial charge in [-0.15, -0.1) is 0 Å². The Morgan fingerprint density at radius 1 is 1.28 bits per heavy atom.